The van der Waals surface area contributed by atoms with Crippen LogP contribution in [0, 0.1) is 0 Å². The van der Waals surface area contributed by atoms with Gasteiger partial charge in [0.15, 0.2) is 17.3 Å². The van der Waals surface area contributed by atoms with E-state index in [2.05, 4.69) is 20.3 Å². The Labute approximate surface area is 149 Å². The SMILES string of the molecule is COc1ccc(-c2noc(=O)n2CC(=O)NC(=O)NC(C)C)cc1OC. The average molecular weight is 364 g/mol. The van der Waals surface area contributed by atoms with Crippen LogP contribution in [0.3, 0.4) is 0 Å². The lowest BCUT2D eigenvalue weighted by atomic mass is 10.2. The first kappa shape index (κ1) is 19.0. The van der Waals surface area contributed by atoms with Crippen molar-refractivity contribution in [1.82, 2.24) is 20.4 Å². The molecule has 2 N–H and O–H groups in total. The second kappa shape index (κ2) is 8.19. The molecule has 0 aliphatic carbocycles. The summed E-state index contributed by atoms with van der Waals surface area (Å²) < 4.78 is 16.0. The second-order valence-electron chi connectivity index (χ2n) is 5.60. The van der Waals surface area contributed by atoms with Gasteiger partial charge in [-0.3, -0.25) is 14.6 Å². The van der Waals surface area contributed by atoms with Gasteiger partial charge in [-0.25, -0.2) is 14.2 Å². The summed E-state index contributed by atoms with van der Waals surface area (Å²) >= 11 is 0. The van der Waals surface area contributed by atoms with Crippen molar-refractivity contribution < 1.29 is 23.6 Å². The van der Waals surface area contributed by atoms with Crippen molar-refractivity contribution in [2.24, 2.45) is 0 Å². The normalized spacial score (nSPS) is 10.5. The quantitative estimate of drug-likeness (QED) is 0.775. The lowest BCUT2D eigenvalue weighted by molar-refractivity contribution is -0.120. The maximum absolute atomic E-state index is 12.0. The molecular weight excluding hydrogens is 344 g/mol. The van der Waals surface area contributed by atoms with Crippen molar-refractivity contribution in [3.63, 3.8) is 0 Å². The van der Waals surface area contributed by atoms with Gasteiger partial charge in [0.2, 0.25) is 5.91 Å². The number of nitrogens with zero attached hydrogens (tertiary/aromatic N) is 2. The number of hydrogen-bond acceptors (Lipinski definition) is 7. The number of amides is 3. The van der Waals surface area contributed by atoms with E-state index >= 15 is 0 Å². The second-order valence-corrected chi connectivity index (χ2v) is 5.60. The van der Waals surface area contributed by atoms with Gasteiger partial charge in [-0.05, 0) is 32.0 Å². The van der Waals surface area contributed by atoms with Gasteiger partial charge in [0.05, 0.1) is 14.2 Å². The molecule has 0 saturated heterocycles. The van der Waals surface area contributed by atoms with E-state index in [0.717, 1.165) is 4.57 Å². The third-order valence-corrected chi connectivity index (χ3v) is 3.30. The van der Waals surface area contributed by atoms with Gasteiger partial charge in [0.25, 0.3) is 0 Å². The van der Waals surface area contributed by atoms with E-state index in [1.165, 1.54) is 14.2 Å². The summed E-state index contributed by atoms with van der Waals surface area (Å²) in [6.45, 7) is 3.07. The molecule has 10 heteroatoms. The minimum atomic E-state index is -0.825. The van der Waals surface area contributed by atoms with Gasteiger partial charge in [-0.2, -0.15) is 0 Å². The molecule has 1 aromatic heterocycles. The molecule has 0 saturated carbocycles. The molecule has 10 nitrogen and oxygen atoms in total. The van der Waals surface area contributed by atoms with E-state index in [-0.39, 0.29) is 11.9 Å². The molecule has 0 spiro atoms. The minimum Gasteiger partial charge on any atom is -0.493 e. The molecule has 0 fully saturated rings. The van der Waals surface area contributed by atoms with Gasteiger partial charge in [0, 0.05) is 11.6 Å². The zero-order valence-electron chi connectivity index (χ0n) is 14.9. The van der Waals surface area contributed by atoms with Crippen LogP contribution in [0.15, 0.2) is 27.5 Å². The molecule has 0 aliphatic rings. The number of benzene rings is 1. The van der Waals surface area contributed by atoms with Crippen LogP contribution < -0.4 is 25.9 Å². The van der Waals surface area contributed by atoms with Crippen LogP contribution in [0.2, 0.25) is 0 Å². The summed E-state index contributed by atoms with van der Waals surface area (Å²) in [6.07, 6.45) is 0. The highest BCUT2D eigenvalue weighted by atomic mass is 16.5. The van der Waals surface area contributed by atoms with Crippen LogP contribution in [0.25, 0.3) is 11.4 Å². The Kier molecular flexibility index (Phi) is 5.99. The molecule has 0 radical (unpaired) electrons. The van der Waals surface area contributed by atoms with Gasteiger partial charge in [-0.15, -0.1) is 0 Å². The molecule has 0 atom stereocenters. The van der Waals surface area contributed by atoms with E-state index in [0.29, 0.717) is 17.1 Å². The monoisotopic (exact) mass is 364 g/mol. The zero-order chi connectivity index (χ0) is 19.3. The number of nitrogens with one attached hydrogen (secondary N) is 2. The topological polar surface area (TPSA) is 125 Å². The van der Waals surface area contributed by atoms with Crippen LogP contribution in [-0.4, -0.2) is 41.9 Å². The highest BCUT2D eigenvalue weighted by Gasteiger charge is 2.18. The maximum Gasteiger partial charge on any atom is 0.442 e. The smallest absolute Gasteiger partial charge is 0.442 e. The predicted octanol–water partition coefficient (Wildman–Crippen LogP) is 0.755. The third-order valence-electron chi connectivity index (χ3n) is 3.30. The summed E-state index contributed by atoms with van der Waals surface area (Å²) in [6, 6.07) is 4.08. The number of carbonyl (C=O) groups is 2. The first-order chi connectivity index (χ1) is 12.3. The van der Waals surface area contributed by atoms with Crippen LogP contribution in [0.1, 0.15) is 13.8 Å². The molecule has 2 aromatic rings. The third kappa shape index (κ3) is 4.41. The number of imide groups is 1. The van der Waals surface area contributed by atoms with Crippen molar-refractivity contribution >= 4 is 11.9 Å². The Morgan fingerprint density at radius 2 is 1.92 bits per heavy atom. The number of hydrogen-bond donors (Lipinski definition) is 2. The number of carbonyl (C=O) groups excluding carboxylic acids is 2. The van der Waals surface area contributed by atoms with Crippen LogP contribution in [0.4, 0.5) is 4.79 Å². The molecule has 1 aromatic carbocycles. The number of rotatable bonds is 6. The van der Waals surface area contributed by atoms with E-state index in [4.69, 9.17) is 9.47 Å². The fourth-order valence-corrected chi connectivity index (χ4v) is 2.20. The average Bonchev–Trinajstić information content (AvgIpc) is 2.94. The van der Waals surface area contributed by atoms with Crippen molar-refractivity contribution in [2.75, 3.05) is 14.2 Å². The van der Waals surface area contributed by atoms with Crippen LogP contribution in [-0.2, 0) is 11.3 Å². The Morgan fingerprint density at radius 3 is 2.54 bits per heavy atom. The minimum absolute atomic E-state index is 0.121. The molecule has 140 valence electrons. The van der Waals surface area contributed by atoms with E-state index in [9.17, 15) is 14.4 Å². The maximum atomic E-state index is 12.0. The van der Waals surface area contributed by atoms with Crippen molar-refractivity contribution in [3.8, 4) is 22.9 Å². The van der Waals surface area contributed by atoms with Crippen LogP contribution in [0.5, 0.6) is 11.5 Å². The molecule has 0 aliphatic heterocycles. The van der Waals surface area contributed by atoms with E-state index in [1.54, 1.807) is 32.0 Å². The molecule has 3 amide bonds. The van der Waals surface area contributed by atoms with Gasteiger partial charge < -0.3 is 14.8 Å². The standard InChI is InChI=1S/C16H20N4O6/c1-9(2)17-15(22)18-13(21)8-20-14(19-26-16(20)23)10-5-6-11(24-3)12(7-10)25-4/h5-7,9H,8H2,1-4H3,(H2,17,18,21,22). The number of ether oxygens (including phenoxy) is 2. The Hall–Kier alpha value is -3.30. The fraction of sp³-hybridized carbons (Fsp3) is 0.375. The summed E-state index contributed by atoms with van der Waals surface area (Å²) in [5.41, 5.74) is 0.480. The fourth-order valence-electron chi connectivity index (χ4n) is 2.20. The molecule has 26 heavy (non-hydrogen) atoms. The van der Waals surface area contributed by atoms with Crippen molar-refractivity contribution in [3.05, 3.63) is 28.7 Å². The summed E-state index contributed by atoms with van der Waals surface area (Å²) in [5.74, 6) is -0.468. The molecule has 0 bridgehead atoms. The highest BCUT2D eigenvalue weighted by Crippen LogP contribution is 2.31. The number of methoxy groups -OCH3 is 2. The lowest BCUT2D eigenvalue weighted by Crippen LogP contribution is -2.44. The first-order valence-corrected chi connectivity index (χ1v) is 7.75. The van der Waals surface area contributed by atoms with Gasteiger partial charge in [-0.1, -0.05) is 5.16 Å². The lowest BCUT2D eigenvalue weighted by Gasteiger charge is -2.11. The van der Waals surface area contributed by atoms with Crippen molar-refractivity contribution in [2.45, 2.75) is 26.4 Å². The summed E-state index contributed by atoms with van der Waals surface area (Å²) in [4.78, 5) is 35.5. The van der Waals surface area contributed by atoms with Crippen LogP contribution >= 0.6 is 0 Å². The number of urea groups is 1. The zero-order valence-corrected chi connectivity index (χ0v) is 14.9. The van der Waals surface area contributed by atoms with Gasteiger partial charge in [0.1, 0.15) is 6.54 Å². The number of aromatic nitrogens is 2. The summed E-state index contributed by atoms with van der Waals surface area (Å²) in [7, 11) is 2.97. The molecule has 1 heterocycles. The van der Waals surface area contributed by atoms with E-state index < -0.39 is 24.2 Å². The van der Waals surface area contributed by atoms with E-state index in [1.807, 2.05) is 0 Å². The first-order valence-electron chi connectivity index (χ1n) is 7.75. The highest BCUT2D eigenvalue weighted by molar-refractivity contribution is 5.94. The Morgan fingerprint density at radius 1 is 1.23 bits per heavy atom. The molecule has 2 rings (SSSR count). The van der Waals surface area contributed by atoms with Gasteiger partial charge >= 0.3 is 11.8 Å². The largest absolute Gasteiger partial charge is 0.493 e. The van der Waals surface area contributed by atoms with Crippen molar-refractivity contribution in [1.29, 1.82) is 0 Å². The Balaban J connectivity index is 2.25. The molecular formula is C16H20N4O6. The predicted molar refractivity (Wildman–Crippen MR) is 91.1 cm³/mol. The Bertz CT molecular complexity index is 855. The summed E-state index contributed by atoms with van der Waals surface area (Å²) in [5, 5.41) is 8.34. The molecule has 0 unspecified atom stereocenters.